The molecular weight excluding hydrogens is 350 g/mol. The lowest BCUT2D eigenvalue weighted by molar-refractivity contribution is -0.141. The van der Waals surface area contributed by atoms with E-state index in [1.54, 1.807) is 0 Å². The number of carbonyl (C=O) groups excluding carboxylic acids is 2. The van der Waals surface area contributed by atoms with Crippen molar-refractivity contribution < 1.29 is 9.59 Å². The van der Waals surface area contributed by atoms with Gasteiger partial charge in [0.05, 0.1) is 11.8 Å². The van der Waals surface area contributed by atoms with E-state index < -0.39 is 5.54 Å². The van der Waals surface area contributed by atoms with Gasteiger partial charge in [0.25, 0.3) is 0 Å². The highest BCUT2D eigenvalue weighted by Crippen LogP contribution is 2.34. The Bertz CT molecular complexity index is 621. The van der Waals surface area contributed by atoms with Gasteiger partial charge < -0.3 is 16.0 Å². The van der Waals surface area contributed by atoms with E-state index in [4.69, 9.17) is 5.73 Å². The number of nitrogens with zero attached hydrogens (tertiary/aromatic N) is 1. The first-order chi connectivity index (χ1) is 12.0. The normalized spacial score (nSPS) is 28.8. The Morgan fingerprint density at radius 2 is 1.88 bits per heavy atom. The summed E-state index contributed by atoms with van der Waals surface area (Å²) < 4.78 is 0. The van der Waals surface area contributed by atoms with Crippen molar-refractivity contribution in [3.8, 4) is 0 Å². The first-order valence-electron chi connectivity index (χ1n) is 9.41. The standard InChI is InChI=1S/C20H29N3O2.ClH/c1-20(21)12-6-5-11-17(20)19(25)23-13-7-8-15(14-23)18(24)22-16-9-3-2-4-10-16;/h2-4,9-10,15,17H,5-8,11-14,21H2,1H3,(H,22,24);1H. The average Bonchev–Trinajstić information content (AvgIpc) is 2.62. The molecule has 6 heteroatoms. The van der Waals surface area contributed by atoms with Gasteiger partial charge in [-0.1, -0.05) is 31.0 Å². The van der Waals surface area contributed by atoms with E-state index in [0.29, 0.717) is 6.54 Å². The highest BCUT2D eigenvalue weighted by molar-refractivity contribution is 5.93. The highest BCUT2D eigenvalue weighted by atomic mass is 35.5. The smallest absolute Gasteiger partial charge is 0.229 e. The predicted molar refractivity (Wildman–Crippen MR) is 106 cm³/mol. The van der Waals surface area contributed by atoms with Crippen molar-refractivity contribution in [2.75, 3.05) is 18.4 Å². The number of hydrogen-bond acceptors (Lipinski definition) is 3. The number of nitrogens with two attached hydrogens (primary N) is 1. The molecule has 1 aromatic carbocycles. The van der Waals surface area contributed by atoms with Gasteiger partial charge in [0, 0.05) is 24.3 Å². The van der Waals surface area contributed by atoms with Crippen LogP contribution in [0.25, 0.3) is 0 Å². The van der Waals surface area contributed by atoms with Crippen LogP contribution in [-0.2, 0) is 9.59 Å². The highest BCUT2D eigenvalue weighted by Gasteiger charge is 2.41. The van der Waals surface area contributed by atoms with Crippen LogP contribution in [0.4, 0.5) is 5.69 Å². The first kappa shape index (κ1) is 20.7. The number of benzene rings is 1. The third-order valence-electron chi connectivity index (χ3n) is 5.70. The number of likely N-dealkylation sites (tertiary alicyclic amines) is 1. The largest absolute Gasteiger partial charge is 0.342 e. The van der Waals surface area contributed by atoms with Gasteiger partial charge in [-0.05, 0) is 44.7 Å². The molecule has 3 rings (SSSR count). The van der Waals surface area contributed by atoms with Gasteiger partial charge >= 0.3 is 0 Å². The molecular formula is C20H30ClN3O2. The molecule has 0 radical (unpaired) electrons. The fourth-order valence-electron chi connectivity index (χ4n) is 4.14. The second kappa shape index (κ2) is 8.87. The number of rotatable bonds is 3. The molecule has 1 aliphatic heterocycles. The molecule has 1 saturated carbocycles. The molecule has 3 atom stereocenters. The SMILES string of the molecule is CC1(N)CCCCC1C(=O)N1CCCC(C(=O)Nc2ccccc2)C1.Cl. The van der Waals surface area contributed by atoms with Crippen molar-refractivity contribution in [1.29, 1.82) is 0 Å². The lowest BCUT2D eigenvalue weighted by atomic mass is 9.73. The summed E-state index contributed by atoms with van der Waals surface area (Å²) in [6.45, 7) is 3.24. The van der Waals surface area contributed by atoms with Crippen LogP contribution in [0.3, 0.4) is 0 Å². The van der Waals surface area contributed by atoms with E-state index in [9.17, 15) is 9.59 Å². The van der Waals surface area contributed by atoms with Crippen LogP contribution in [0.5, 0.6) is 0 Å². The molecule has 3 N–H and O–H groups in total. The van der Waals surface area contributed by atoms with Crippen molar-refractivity contribution in [2.45, 2.75) is 51.0 Å². The summed E-state index contributed by atoms with van der Waals surface area (Å²) in [6, 6.07) is 9.48. The van der Waals surface area contributed by atoms with Crippen LogP contribution in [-0.4, -0.2) is 35.3 Å². The summed E-state index contributed by atoms with van der Waals surface area (Å²) >= 11 is 0. The number of anilines is 1. The molecule has 26 heavy (non-hydrogen) atoms. The molecule has 0 spiro atoms. The van der Waals surface area contributed by atoms with Gasteiger partial charge in [0.15, 0.2) is 0 Å². The molecule has 0 bridgehead atoms. The Labute approximate surface area is 162 Å². The van der Waals surface area contributed by atoms with E-state index in [-0.39, 0.29) is 36.1 Å². The van der Waals surface area contributed by atoms with Gasteiger partial charge in [-0.2, -0.15) is 0 Å². The second-order valence-corrected chi connectivity index (χ2v) is 7.78. The predicted octanol–water partition coefficient (Wildman–Crippen LogP) is 3.19. The first-order valence-corrected chi connectivity index (χ1v) is 9.41. The molecule has 2 aliphatic rings. The average molecular weight is 380 g/mol. The van der Waals surface area contributed by atoms with Gasteiger partial charge in [-0.25, -0.2) is 0 Å². The summed E-state index contributed by atoms with van der Waals surface area (Å²) in [4.78, 5) is 27.4. The maximum Gasteiger partial charge on any atom is 0.229 e. The Kier molecular flexibility index (Phi) is 7.07. The van der Waals surface area contributed by atoms with Crippen molar-refractivity contribution >= 4 is 29.9 Å². The minimum absolute atomic E-state index is 0. The molecule has 1 aromatic rings. The van der Waals surface area contributed by atoms with Crippen LogP contribution in [0.1, 0.15) is 45.4 Å². The van der Waals surface area contributed by atoms with E-state index in [1.807, 2.05) is 42.2 Å². The van der Waals surface area contributed by atoms with Crippen LogP contribution in [0, 0.1) is 11.8 Å². The topological polar surface area (TPSA) is 75.4 Å². The third kappa shape index (κ3) is 4.77. The number of halogens is 1. The number of carbonyl (C=O) groups is 2. The fourth-order valence-corrected chi connectivity index (χ4v) is 4.14. The zero-order chi connectivity index (χ0) is 17.9. The maximum absolute atomic E-state index is 13.0. The molecule has 1 aliphatic carbocycles. The molecule has 1 heterocycles. The summed E-state index contributed by atoms with van der Waals surface area (Å²) in [7, 11) is 0. The number of hydrogen-bond donors (Lipinski definition) is 2. The van der Waals surface area contributed by atoms with Crippen LogP contribution >= 0.6 is 12.4 Å². The molecule has 5 nitrogen and oxygen atoms in total. The summed E-state index contributed by atoms with van der Waals surface area (Å²) in [6.07, 6.45) is 5.62. The minimum Gasteiger partial charge on any atom is -0.342 e. The third-order valence-corrected chi connectivity index (χ3v) is 5.70. The fraction of sp³-hybridized carbons (Fsp3) is 0.600. The van der Waals surface area contributed by atoms with E-state index in [0.717, 1.165) is 50.8 Å². The number of para-hydroxylation sites is 1. The minimum atomic E-state index is -0.422. The van der Waals surface area contributed by atoms with Crippen LogP contribution < -0.4 is 11.1 Å². The summed E-state index contributed by atoms with van der Waals surface area (Å²) in [5.41, 5.74) is 6.78. The second-order valence-electron chi connectivity index (χ2n) is 7.78. The van der Waals surface area contributed by atoms with Crippen LogP contribution in [0.2, 0.25) is 0 Å². The summed E-state index contributed by atoms with van der Waals surface area (Å²) in [5, 5.41) is 2.97. The molecule has 1 saturated heterocycles. The summed E-state index contributed by atoms with van der Waals surface area (Å²) in [5.74, 6) is -0.118. The van der Waals surface area contributed by atoms with E-state index in [1.165, 1.54) is 0 Å². The lowest BCUT2D eigenvalue weighted by Crippen LogP contribution is -2.55. The maximum atomic E-state index is 13.0. The quantitative estimate of drug-likeness (QED) is 0.846. The van der Waals surface area contributed by atoms with Gasteiger partial charge in [0.1, 0.15) is 0 Å². The molecule has 144 valence electrons. The molecule has 0 aromatic heterocycles. The number of amides is 2. The number of nitrogens with one attached hydrogen (secondary N) is 1. The number of piperidine rings is 1. The van der Waals surface area contributed by atoms with Gasteiger partial charge in [-0.3, -0.25) is 9.59 Å². The Hall–Kier alpha value is -1.59. The van der Waals surface area contributed by atoms with Crippen molar-refractivity contribution in [3.63, 3.8) is 0 Å². The lowest BCUT2D eigenvalue weighted by Gasteiger charge is -2.42. The van der Waals surface area contributed by atoms with Gasteiger partial charge in [-0.15, -0.1) is 12.4 Å². The van der Waals surface area contributed by atoms with Gasteiger partial charge in [0.2, 0.25) is 11.8 Å². The Morgan fingerprint density at radius 1 is 1.15 bits per heavy atom. The van der Waals surface area contributed by atoms with Crippen molar-refractivity contribution in [2.24, 2.45) is 17.6 Å². The monoisotopic (exact) mass is 379 g/mol. The van der Waals surface area contributed by atoms with E-state index >= 15 is 0 Å². The van der Waals surface area contributed by atoms with Crippen LogP contribution in [0.15, 0.2) is 30.3 Å². The Morgan fingerprint density at radius 3 is 2.58 bits per heavy atom. The van der Waals surface area contributed by atoms with Crippen molar-refractivity contribution in [1.82, 2.24) is 4.90 Å². The molecule has 3 unspecified atom stereocenters. The molecule has 2 fully saturated rings. The van der Waals surface area contributed by atoms with Crippen molar-refractivity contribution in [3.05, 3.63) is 30.3 Å². The zero-order valence-electron chi connectivity index (χ0n) is 15.4. The molecule has 2 amide bonds. The Balaban J connectivity index is 0.00000243. The zero-order valence-corrected chi connectivity index (χ0v) is 16.3. The van der Waals surface area contributed by atoms with E-state index in [2.05, 4.69) is 5.32 Å².